The number of isocyanates is 1. The van der Waals surface area contributed by atoms with Gasteiger partial charge in [0.25, 0.3) is 0 Å². The maximum Gasteiger partial charge on any atom is 0.235 e. The summed E-state index contributed by atoms with van der Waals surface area (Å²) >= 11 is 3.38. The molecule has 2 atom stereocenters. The fourth-order valence-electron chi connectivity index (χ4n) is 1.97. The molecule has 0 saturated carbocycles. The molecule has 1 fully saturated rings. The second kappa shape index (κ2) is 5.39. The maximum atomic E-state index is 10.5. The fourth-order valence-corrected chi connectivity index (χ4v) is 2.23. The highest BCUT2D eigenvalue weighted by atomic mass is 79.9. The number of benzene rings is 1. The van der Waals surface area contributed by atoms with E-state index in [4.69, 9.17) is 4.74 Å². The third-order valence-corrected chi connectivity index (χ3v) is 3.34. The van der Waals surface area contributed by atoms with E-state index in [1.165, 1.54) is 0 Å². The van der Waals surface area contributed by atoms with E-state index in [1.807, 2.05) is 24.3 Å². The molecule has 0 radical (unpaired) electrons. The van der Waals surface area contributed by atoms with Gasteiger partial charge in [-0.3, -0.25) is 0 Å². The van der Waals surface area contributed by atoms with Crippen molar-refractivity contribution in [1.82, 2.24) is 0 Å². The van der Waals surface area contributed by atoms with Gasteiger partial charge in [0.2, 0.25) is 6.08 Å². The number of halogens is 1. The molecule has 0 aliphatic carbocycles. The Kier molecular flexibility index (Phi) is 3.88. The molecule has 2 rings (SSSR count). The first-order valence-electron chi connectivity index (χ1n) is 5.21. The Morgan fingerprint density at radius 1 is 1.44 bits per heavy atom. The predicted octanol–water partition coefficient (Wildman–Crippen LogP) is 2.86. The zero-order chi connectivity index (χ0) is 11.4. The van der Waals surface area contributed by atoms with E-state index in [0.717, 1.165) is 23.1 Å². The maximum absolute atomic E-state index is 10.5. The van der Waals surface area contributed by atoms with E-state index < -0.39 is 0 Å². The molecule has 84 valence electrons. The average molecular weight is 282 g/mol. The van der Waals surface area contributed by atoms with Crippen molar-refractivity contribution in [2.75, 3.05) is 13.2 Å². The van der Waals surface area contributed by atoms with Crippen molar-refractivity contribution in [2.24, 2.45) is 10.9 Å². The number of aliphatic imine (C=N–C) groups is 1. The third kappa shape index (κ3) is 2.59. The van der Waals surface area contributed by atoms with E-state index in [1.54, 1.807) is 6.08 Å². The summed E-state index contributed by atoms with van der Waals surface area (Å²) in [5.74, 6) is 0.294. The van der Waals surface area contributed by atoms with E-state index in [-0.39, 0.29) is 6.04 Å². The van der Waals surface area contributed by atoms with Gasteiger partial charge in [-0.05, 0) is 24.1 Å². The zero-order valence-electron chi connectivity index (χ0n) is 8.73. The van der Waals surface area contributed by atoms with Crippen molar-refractivity contribution in [3.05, 3.63) is 34.3 Å². The Morgan fingerprint density at radius 2 is 2.19 bits per heavy atom. The minimum absolute atomic E-state index is 0.118. The van der Waals surface area contributed by atoms with Gasteiger partial charge in [0, 0.05) is 17.0 Å². The fraction of sp³-hybridized carbons (Fsp3) is 0.417. The molecule has 0 bridgehead atoms. The van der Waals surface area contributed by atoms with Gasteiger partial charge >= 0.3 is 0 Å². The lowest BCUT2D eigenvalue weighted by Crippen LogP contribution is -2.11. The molecule has 1 aromatic rings. The van der Waals surface area contributed by atoms with E-state index in [9.17, 15) is 4.79 Å². The quantitative estimate of drug-likeness (QED) is 0.631. The van der Waals surface area contributed by atoms with Crippen LogP contribution in [-0.2, 0) is 9.53 Å². The molecule has 0 N–H and O–H groups in total. The molecule has 1 aliphatic rings. The molecule has 4 heteroatoms. The summed E-state index contributed by atoms with van der Waals surface area (Å²) in [6, 6.07) is 7.76. The van der Waals surface area contributed by atoms with Crippen molar-refractivity contribution < 1.29 is 9.53 Å². The van der Waals surface area contributed by atoms with Crippen molar-refractivity contribution in [1.29, 1.82) is 0 Å². The van der Waals surface area contributed by atoms with Gasteiger partial charge in [0.15, 0.2) is 0 Å². The molecule has 0 amide bonds. The number of rotatable bonds is 3. The van der Waals surface area contributed by atoms with Crippen LogP contribution in [0.15, 0.2) is 33.7 Å². The molecule has 1 aromatic carbocycles. The summed E-state index contributed by atoms with van der Waals surface area (Å²) in [6.45, 7) is 1.43. The van der Waals surface area contributed by atoms with Crippen molar-refractivity contribution in [3.63, 3.8) is 0 Å². The highest BCUT2D eigenvalue weighted by Gasteiger charge is 2.26. The minimum Gasteiger partial charge on any atom is -0.381 e. The van der Waals surface area contributed by atoms with Gasteiger partial charge in [-0.15, -0.1) is 0 Å². The van der Waals surface area contributed by atoms with Crippen molar-refractivity contribution in [2.45, 2.75) is 12.5 Å². The van der Waals surface area contributed by atoms with Crippen LogP contribution in [0, 0.1) is 5.92 Å². The molecule has 2 unspecified atom stereocenters. The minimum atomic E-state index is -0.118. The Morgan fingerprint density at radius 3 is 2.75 bits per heavy atom. The normalized spacial score (nSPS) is 21.4. The molecule has 3 nitrogen and oxygen atoms in total. The highest BCUT2D eigenvalue weighted by molar-refractivity contribution is 9.10. The SMILES string of the molecule is O=C=NC(c1ccc(Br)cc1)C1CCOC1. The van der Waals surface area contributed by atoms with Crippen LogP contribution in [0.3, 0.4) is 0 Å². The van der Waals surface area contributed by atoms with Crippen LogP contribution in [-0.4, -0.2) is 19.3 Å². The standard InChI is InChI=1S/C12H12BrNO2/c13-11-3-1-9(2-4-11)12(14-8-15)10-5-6-16-7-10/h1-4,10,12H,5-7H2. The Bertz CT molecular complexity index is 392. The molecular formula is C12H12BrNO2. The summed E-state index contributed by atoms with van der Waals surface area (Å²) < 4.78 is 6.35. The van der Waals surface area contributed by atoms with E-state index in [2.05, 4.69) is 20.9 Å². The van der Waals surface area contributed by atoms with E-state index in [0.29, 0.717) is 12.5 Å². The smallest absolute Gasteiger partial charge is 0.235 e. The van der Waals surface area contributed by atoms with Crippen LogP contribution >= 0.6 is 15.9 Å². The number of ether oxygens (including phenoxy) is 1. The van der Waals surface area contributed by atoms with Gasteiger partial charge in [-0.2, -0.15) is 4.99 Å². The molecule has 0 aromatic heterocycles. The van der Waals surface area contributed by atoms with Gasteiger partial charge in [-0.25, -0.2) is 4.79 Å². The molecular weight excluding hydrogens is 270 g/mol. The van der Waals surface area contributed by atoms with Crippen LogP contribution in [0.5, 0.6) is 0 Å². The number of hydrogen-bond acceptors (Lipinski definition) is 3. The first-order chi connectivity index (χ1) is 7.81. The van der Waals surface area contributed by atoms with E-state index >= 15 is 0 Å². The molecule has 1 heterocycles. The molecule has 0 spiro atoms. The van der Waals surface area contributed by atoms with Crippen molar-refractivity contribution in [3.8, 4) is 0 Å². The van der Waals surface area contributed by atoms with Crippen LogP contribution < -0.4 is 0 Å². The van der Waals surface area contributed by atoms with Gasteiger partial charge in [0.05, 0.1) is 12.6 Å². The lowest BCUT2D eigenvalue weighted by atomic mass is 9.93. The Balaban J connectivity index is 2.24. The summed E-state index contributed by atoms with van der Waals surface area (Å²) in [7, 11) is 0. The third-order valence-electron chi connectivity index (χ3n) is 2.81. The monoisotopic (exact) mass is 281 g/mol. The lowest BCUT2D eigenvalue weighted by Gasteiger charge is -2.16. The Labute approximate surface area is 103 Å². The molecule has 1 saturated heterocycles. The van der Waals surface area contributed by atoms with Gasteiger partial charge < -0.3 is 4.74 Å². The summed E-state index contributed by atoms with van der Waals surface area (Å²) in [5.41, 5.74) is 1.04. The first-order valence-corrected chi connectivity index (χ1v) is 6.01. The largest absolute Gasteiger partial charge is 0.381 e. The predicted molar refractivity (Wildman–Crippen MR) is 63.9 cm³/mol. The van der Waals surface area contributed by atoms with Crippen LogP contribution in [0.2, 0.25) is 0 Å². The van der Waals surface area contributed by atoms with Gasteiger partial charge in [-0.1, -0.05) is 28.1 Å². The van der Waals surface area contributed by atoms with Crippen LogP contribution in [0.1, 0.15) is 18.0 Å². The first kappa shape index (κ1) is 11.5. The number of nitrogens with zero attached hydrogens (tertiary/aromatic N) is 1. The van der Waals surface area contributed by atoms with Gasteiger partial charge in [0.1, 0.15) is 0 Å². The molecule has 1 aliphatic heterocycles. The Hall–Kier alpha value is -0.960. The second-order valence-electron chi connectivity index (χ2n) is 3.84. The summed E-state index contributed by atoms with van der Waals surface area (Å²) in [6.07, 6.45) is 2.62. The zero-order valence-corrected chi connectivity index (χ0v) is 10.3. The van der Waals surface area contributed by atoms with Crippen LogP contribution in [0.25, 0.3) is 0 Å². The highest BCUT2D eigenvalue weighted by Crippen LogP contribution is 2.32. The lowest BCUT2D eigenvalue weighted by molar-refractivity contribution is 0.181. The summed E-state index contributed by atoms with van der Waals surface area (Å²) in [5, 5.41) is 0. The topological polar surface area (TPSA) is 38.7 Å². The number of hydrogen-bond donors (Lipinski definition) is 0. The summed E-state index contributed by atoms with van der Waals surface area (Å²) in [4.78, 5) is 14.4. The van der Waals surface area contributed by atoms with Crippen molar-refractivity contribution >= 4 is 22.0 Å². The average Bonchev–Trinajstić information content (AvgIpc) is 2.81. The second-order valence-corrected chi connectivity index (χ2v) is 4.76. The molecule has 16 heavy (non-hydrogen) atoms. The number of carbonyl (C=O) groups excluding carboxylic acids is 1. The van der Waals surface area contributed by atoms with Crippen LogP contribution in [0.4, 0.5) is 0 Å².